The fourth-order valence-electron chi connectivity index (χ4n) is 4.05. The fraction of sp³-hybridized carbons (Fsp3) is 0.300. The van der Waals surface area contributed by atoms with Gasteiger partial charge in [0, 0.05) is 0 Å². The molecule has 1 saturated heterocycles. The molecule has 0 radical (unpaired) electrons. The first-order chi connectivity index (χ1) is 11.6. The lowest BCUT2D eigenvalue weighted by atomic mass is 9.73. The Balaban J connectivity index is 1.60. The molecule has 3 nitrogen and oxygen atoms in total. The standard InChI is InChI=1S/C20H18FNO2/c21-15-7-9-16(10-8-15)22-19(23)17-11-6-14(12-18(17)20(22)24)13-4-2-1-3-5-13/h1-5,7-10,14,17-18H,6,11-12H2/t14-,17+,18+/m0/s1. The summed E-state index contributed by atoms with van der Waals surface area (Å²) in [5, 5.41) is 0. The maximum atomic E-state index is 13.1. The molecule has 0 unspecified atom stereocenters. The van der Waals surface area contributed by atoms with Crippen LogP contribution < -0.4 is 4.90 Å². The van der Waals surface area contributed by atoms with Crippen LogP contribution in [0.2, 0.25) is 0 Å². The summed E-state index contributed by atoms with van der Waals surface area (Å²) >= 11 is 0. The van der Waals surface area contributed by atoms with Crippen molar-refractivity contribution < 1.29 is 14.0 Å². The predicted molar refractivity (Wildman–Crippen MR) is 88.9 cm³/mol. The number of rotatable bonds is 2. The molecule has 0 spiro atoms. The monoisotopic (exact) mass is 323 g/mol. The molecule has 4 heteroatoms. The molecular formula is C20H18FNO2. The molecule has 1 aliphatic carbocycles. The highest BCUT2D eigenvalue weighted by Crippen LogP contribution is 2.45. The van der Waals surface area contributed by atoms with Crippen molar-refractivity contribution in [3.63, 3.8) is 0 Å². The summed E-state index contributed by atoms with van der Waals surface area (Å²) < 4.78 is 13.1. The van der Waals surface area contributed by atoms with Gasteiger partial charge in [-0.15, -0.1) is 0 Å². The van der Waals surface area contributed by atoms with Gasteiger partial charge in [0.25, 0.3) is 0 Å². The number of carbonyl (C=O) groups excluding carboxylic acids is 2. The quantitative estimate of drug-likeness (QED) is 0.786. The van der Waals surface area contributed by atoms with Gasteiger partial charge in [0.1, 0.15) is 5.82 Å². The van der Waals surface area contributed by atoms with Gasteiger partial charge in [0.15, 0.2) is 0 Å². The molecule has 122 valence electrons. The Labute approximate surface area is 140 Å². The van der Waals surface area contributed by atoms with Crippen LogP contribution in [0, 0.1) is 17.7 Å². The van der Waals surface area contributed by atoms with Crippen molar-refractivity contribution in [3.05, 3.63) is 66.0 Å². The average Bonchev–Trinajstić information content (AvgIpc) is 2.87. The van der Waals surface area contributed by atoms with Crippen molar-refractivity contribution in [2.45, 2.75) is 25.2 Å². The Hall–Kier alpha value is -2.49. The van der Waals surface area contributed by atoms with E-state index in [0.29, 0.717) is 18.0 Å². The summed E-state index contributed by atoms with van der Waals surface area (Å²) in [4.78, 5) is 26.8. The van der Waals surface area contributed by atoms with Gasteiger partial charge < -0.3 is 0 Å². The summed E-state index contributed by atoms with van der Waals surface area (Å²) in [6.45, 7) is 0. The minimum Gasteiger partial charge on any atom is -0.274 e. The molecule has 1 heterocycles. The van der Waals surface area contributed by atoms with E-state index in [9.17, 15) is 14.0 Å². The maximum absolute atomic E-state index is 13.1. The van der Waals surface area contributed by atoms with Crippen LogP contribution in [0.25, 0.3) is 0 Å². The highest BCUT2D eigenvalue weighted by Gasteiger charge is 2.50. The number of hydrogen-bond donors (Lipinski definition) is 0. The van der Waals surface area contributed by atoms with Crippen LogP contribution in [0.1, 0.15) is 30.7 Å². The molecule has 2 aliphatic rings. The number of amides is 2. The van der Waals surface area contributed by atoms with Gasteiger partial charge in [0.2, 0.25) is 11.8 Å². The first-order valence-electron chi connectivity index (χ1n) is 8.33. The second-order valence-corrected chi connectivity index (χ2v) is 6.62. The maximum Gasteiger partial charge on any atom is 0.237 e. The zero-order chi connectivity index (χ0) is 16.7. The zero-order valence-corrected chi connectivity index (χ0v) is 13.2. The number of anilines is 1. The van der Waals surface area contributed by atoms with Gasteiger partial charge >= 0.3 is 0 Å². The number of imide groups is 1. The Morgan fingerprint density at radius 1 is 0.833 bits per heavy atom. The molecule has 2 aromatic carbocycles. The van der Waals surface area contributed by atoms with Crippen LogP contribution >= 0.6 is 0 Å². The van der Waals surface area contributed by atoms with Crippen molar-refractivity contribution >= 4 is 17.5 Å². The Kier molecular flexibility index (Phi) is 3.68. The smallest absolute Gasteiger partial charge is 0.237 e. The first kappa shape index (κ1) is 15.1. The molecule has 24 heavy (non-hydrogen) atoms. The molecular weight excluding hydrogens is 305 g/mol. The Bertz CT molecular complexity index is 772. The van der Waals surface area contributed by atoms with Gasteiger partial charge in [-0.05, 0) is 55.0 Å². The average molecular weight is 323 g/mol. The van der Waals surface area contributed by atoms with Gasteiger partial charge in [-0.2, -0.15) is 0 Å². The molecule has 2 fully saturated rings. The van der Waals surface area contributed by atoms with Crippen LogP contribution in [-0.2, 0) is 9.59 Å². The van der Waals surface area contributed by atoms with Crippen LogP contribution in [0.4, 0.5) is 10.1 Å². The lowest BCUT2D eigenvalue weighted by Crippen LogP contribution is -2.30. The van der Waals surface area contributed by atoms with Crippen molar-refractivity contribution in [1.29, 1.82) is 0 Å². The molecule has 3 atom stereocenters. The molecule has 1 saturated carbocycles. The van der Waals surface area contributed by atoms with E-state index >= 15 is 0 Å². The van der Waals surface area contributed by atoms with E-state index < -0.39 is 0 Å². The van der Waals surface area contributed by atoms with Crippen molar-refractivity contribution in [2.75, 3.05) is 4.90 Å². The van der Waals surface area contributed by atoms with E-state index in [-0.39, 0.29) is 29.5 Å². The number of nitrogens with zero attached hydrogens (tertiary/aromatic N) is 1. The molecule has 0 N–H and O–H groups in total. The summed E-state index contributed by atoms with van der Waals surface area (Å²) in [6.07, 6.45) is 2.35. The van der Waals surface area contributed by atoms with Crippen molar-refractivity contribution in [2.24, 2.45) is 11.8 Å². The molecule has 0 bridgehead atoms. The zero-order valence-electron chi connectivity index (χ0n) is 13.2. The van der Waals surface area contributed by atoms with Crippen LogP contribution in [0.3, 0.4) is 0 Å². The number of hydrogen-bond acceptors (Lipinski definition) is 2. The van der Waals surface area contributed by atoms with E-state index in [1.807, 2.05) is 18.2 Å². The van der Waals surface area contributed by atoms with Crippen LogP contribution in [-0.4, -0.2) is 11.8 Å². The lowest BCUT2D eigenvalue weighted by molar-refractivity contribution is -0.122. The van der Waals surface area contributed by atoms with E-state index in [0.717, 1.165) is 12.8 Å². The SMILES string of the molecule is O=C1[C@@H]2CC[C@H](c3ccccc3)C[C@H]2C(=O)N1c1ccc(F)cc1. The molecule has 0 aromatic heterocycles. The van der Waals surface area contributed by atoms with Gasteiger partial charge in [-0.3, -0.25) is 14.5 Å². The van der Waals surface area contributed by atoms with E-state index in [2.05, 4.69) is 12.1 Å². The third kappa shape index (κ3) is 2.42. The molecule has 2 aromatic rings. The second-order valence-electron chi connectivity index (χ2n) is 6.62. The largest absolute Gasteiger partial charge is 0.274 e. The molecule has 2 amide bonds. The van der Waals surface area contributed by atoms with Crippen LogP contribution in [0.5, 0.6) is 0 Å². The summed E-state index contributed by atoms with van der Waals surface area (Å²) in [7, 11) is 0. The van der Waals surface area contributed by atoms with Crippen molar-refractivity contribution in [1.82, 2.24) is 0 Å². The van der Waals surface area contributed by atoms with Crippen LogP contribution in [0.15, 0.2) is 54.6 Å². The third-order valence-electron chi connectivity index (χ3n) is 5.28. The predicted octanol–water partition coefficient (Wildman–Crippen LogP) is 3.90. The number of carbonyl (C=O) groups is 2. The van der Waals surface area contributed by atoms with E-state index in [4.69, 9.17) is 0 Å². The van der Waals surface area contributed by atoms with Gasteiger partial charge in [-0.1, -0.05) is 30.3 Å². The third-order valence-corrected chi connectivity index (χ3v) is 5.28. The summed E-state index contributed by atoms with van der Waals surface area (Å²) in [5.41, 5.74) is 1.70. The van der Waals surface area contributed by atoms with Crippen molar-refractivity contribution in [3.8, 4) is 0 Å². The Morgan fingerprint density at radius 2 is 1.50 bits per heavy atom. The lowest BCUT2D eigenvalue weighted by Gasteiger charge is -2.28. The summed E-state index contributed by atoms with van der Waals surface area (Å²) in [6, 6.07) is 15.7. The normalized spacial score (nSPS) is 26.5. The number of fused-ring (bicyclic) bond motifs is 1. The molecule has 1 aliphatic heterocycles. The fourth-order valence-corrected chi connectivity index (χ4v) is 4.05. The van der Waals surface area contributed by atoms with Gasteiger partial charge in [0.05, 0.1) is 17.5 Å². The minimum absolute atomic E-state index is 0.136. The second kappa shape index (κ2) is 5.86. The van der Waals surface area contributed by atoms with E-state index in [1.54, 1.807) is 0 Å². The highest BCUT2D eigenvalue weighted by atomic mass is 19.1. The number of benzene rings is 2. The minimum atomic E-state index is -0.376. The van der Waals surface area contributed by atoms with E-state index in [1.165, 1.54) is 34.7 Å². The first-order valence-corrected chi connectivity index (χ1v) is 8.33. The highest BCUT2D eigenvalue weighted by molar-refractivity contribution is 6.22. The topological polar surface area (TPSA) is 37.4 Å². The number of halogens is 1. The molecule has 4 rings (SSSR count). The van der Waals surface area contributed by atoms with Gasteiger partial charge in [-0.25, -0.2) is 4.39 Å². The summed E-state index contributed by atoms with van der Waals surface area (Å²) in [5.74, 6) is -0.832. The Morgan fingerprint density at radius 3 is 2.21 bits per heavy atom.